The van der Waals surface area contributed by atoms with Gasteiger partial charge in [-0.15, -0.1) is 0 Å². The number of hydrogen-bond donors (Lipinski definition) is 1. The highest BCUT2D eigenvalue weighted by Crippen LogP contribution is 2.28. The lowest BCUT2D eigenvalue weighted by atomic mass is 10.00. The fraction of sp³-hybridized carbons (Fsp3) is 0.455. The van der Waals surface area contributed by atoms with Crippen LogP contribution in [0.2, 0.25) is 0 Å². The van der Waals surface area contributed by atoms with Crippen LogP contribution in [-0.2, 0) is 19.5 Å². The average Bonchev–Trinajstić information content (AvgIpc) is 2.65. The first-order valence-corrected chi connectivity index (χ1v) is 9.49. The molecule has 2 aromatic carbocycles. The lowest BCUT2D eigenvalue weighted by Gasteiger charge is -2.28. The van der Waals surface area contributed by atoms with E-state index in [1.54, 1.807) is 7.11 Å². The van der Waals surface area contributed by atoms with E-state index in [1.165, 1.54) is 16.7 Å². The molecule has 4 nitrogen and oxygen atoms in total. The summed E-state index contributed by atoms with van der Waals surface area (Å²) in [6.07, 6.45) is 1.30. The normalized spacial score (nSPS) is 14.3. The molecule has 140 valence electrons. The van der Waals surface area contributed by atoms with Crippen LogP contribution in [0.4, 0.5) is 0 Å². The second-order valence-electron chi connectivity index (χ2n) is 7.12. The van der Waals surface area contributed by atoms with Gasteiger partial charge in [-0.1, -0.05) is 30.3 Å². The fourth-order valence-electron chi connectivity index (χ4n) is 3.39. The van der Waals surface area contributed by atoms with Gasteiger partial charge in [-0.25, -0.2) is 0 Å². The zero-order valence-electron chi connectivity index (χ0n) is 16.1. The van der Waals surface area contributed by atoms with Gasteiger partial charge in [0.15, 0.2) is 11.5 Å². The topological polar surface area (TPSA) is 33.7 Å². The molecule has 26 heavy (non-hydrogen) atoms. The van der Waals surface area contributed by atoms with Crippen molar-refractivity contribution in [3.8, 4) is 11.5 Å². The third-order valence-electron chi connectivity index (χ3n) is 4.73. The minimum Gasteiger partial charge on any atom is -0.493 e. The van der Waals surface area contributed by atoms with Gasteiger partial charge in [0.1, 0.15) is 0 Å². The molecule has 0 spiro atoms. The summed E-state index contributed by atoms with van der Waals surface area (Å²) in [6, 6.07) is 14.9. The molecule has 0 aliphatic carbocycles. The summed E-state index contributed by atoms with van der Waals surface area (Å²) in [5.41, 5.74) is 4.19. The Labute approximate surface area is 157 Å². The first kappa shape index (κ1) is 18.7. The Morgan fingerprint density at radius 3 is 2.65 bits per heavy atom. The van der Waals surface area contributed by atoms with Crippen LogP contribution in [0.25, 0.3) is 0 Å². The van der Waals surface area contributed by atoms with Crippen molar-refractivity contribution < 1.29 is 9.47 Å². The number of methoxy groups -OCH3 is 1. The van der Waals surface area contributed by atoms with Crippen molar-refractivity contribution >= 4 is 0 Å². The van der Waals surface area contributed by atoms with E-state index in [0.29, 0.717) is 0 Å². The van der Waals surface area contributed by atoms with E-state index >= 15 is 0 Å². The molecular formula is C22H30N2O2. The van der Waals surface area contributed by atoms with Gasteiger partial charge in [0.05, 0.1) is 13.2 Å². The van der Waals surface area contributed by atoms with Crippen molar-refractivity contribution in [1.29, 1.82) is 0 Å². The van der Waals surface area contributed by atoms with E-state index in [-0.39, 0.29) is 6.10 Å². The summed E-state index contributed by atoms with van der Waals surface area (Å²) in [5, 5.41) is 3.55. The second kappa shape index (κ2) is 9.06. The molecule has 0 bridgehead atoms. The Bertz CT molecular complexity index is 715. The minimum absolute atomic E-state index is 0.141. The van der Waals surface area contributed by atoms with E-state index in [0.717, 1.165) is 50.6 Å². The monoisotopic (exact) mass is 354 g/mol. The third kappa shape index (κ3) is 4.99. The van der Waals surface area contributed by atoms with E-state index < -0.39 is 0 Å². The van der Waals surface area contributed by atoms with Gasteiger partial charge in [-0.3, -0.25) is 4.90 Å². The molecule has 0 radical (unpaired) electrons. The zero-order chi connectivity index (χ0) is 18.4. The van der Waals surface area contributed by atoms with Crippen LogP contribution >= 0.6 is 0 Å². The Morgan fingerprint density at radius 1 is 1.08 bits per heavy atom. The molecule has 1 heterocycles. The van der Waals surface area contributed by atoms with Crippen LogP contribution < -0.4 is 14.8 Å². The molecule has 1 aliphatic heterocycles. The van der Waals surface area contributed by atoms with E-state index in [2.05, 4.69) is 46.6 Å². The van der Waals surface area contributed by atoms with Crippen molar-refractivity contribution in [3.63, 3.8) is 0 Å². The summed E-state index contributed by atoms with van der Waals surface area (Å²) in [7, 11) is 1.69. The van der Waals surface area contributed by atoms with Crippen molar-refractivity contribution in [2.75, 3.05) is 26.7 Å². The molecule has 0 saturated heterocycles. The maximum atomic E-state index is 5.77. The lowest BCUT2D eigenvalue weighted by molar-refractivity contribution is 0.230. The van der Waals surface area contributed by atoms with Crippen LogP contribution in [0, 0.1) is 0 Å². The predicted molar refractivity (Wildman–Crippen MR) is 106 cm³/mol. The maximum absolute atomic E-state index is 5.77. The SMILES string of the molecule is COc1cc(CNCCN2CCc3ccccc3C2)ccc1OC(C)C. The Balaban J connectivity index is 1.45. The van der Waals surface area contributed by atoms with Crippen LogP contribution in [0.15, 0.2) is 42.5 Å². The molecule has 2 aromatic rings. The molecule has 0 atom stereocenters. The predicted octanol–water partition coefficient (Wildman–Crippen LogP) is 3.63. The molecule has 1 aliphatic rings. The van der Waals surface area contributed by atoms with Gasteiger partial charge in [-0.2, -0.15) is 0 Å². The van der Waals surface area contributed by atoms with Crippen molar-refractivity contribution in [3.05, 3.63) is 59.2 Å². The van der Waals surface area contributed by atoms with Gasteiger partial charge in [0.25, 0.3) is 0 Å². The molecule has 1 N–H and O–H groups in total. The number of fused-ring (bicyclic) bond motifs is 1. The summed E-state index contributed by atoms with van der Waals surface area (Å²) >= 11 is 0. The zero-order valence-corrected chi connectivity index (χ0v) is 16.1. The van der Waals surface area contributed by atoms with Crippen molar-refractivity contribution in [2.45, 2.75) is 39.5 Å². The van der Waals surface area contributed by atoms with Gasteiger partial charge in [-0.05, 0) is 49.1 Å². The second-order valence-corrected chi connectivity index (χ2v) is 7.12. The highest BCUT2D eigenvalue weighted by atomic mass is 16.5. The highest BCUT2D eigenvalue weighted by Gasteiger charge is 2.14. The number of benzene rings is 2. The van der Waals surface area contributed by atoms with Crippen LogP contribution in [0.3, 0.4) is 0 Å². The van der Waals surface area contributed by atoms with E-state index in [1.807, 2.05) is 19.9 Å². The molecular weight excluding hydrogens is 324 g/mol. The van der Waals surface area contributed by atoms with E-state index in [9.17, 15) is 0 Å². The summed E-state index contributed by atoms with van der Waals surface area (Å²) in [4.78, 5) is 2.52. The first-order chi connectivity index (χ1) is 12.7. The third-order valence-corrected chi connectivity index (χ3v) is 4.73. The van der Waals surface area contributed by atoms with Crippen molar-refractivity contribution in [1.82, 2.24) is 10.2 Å². The fourth-order valence-corrected chi connectivity index (χ4v) is 3.39. The molecule has 3 rings (SSSR count). The van der Waals surface area contributed by atoms with E-state index in [4.69, 9.17) is 9.47 Å². The number of ether oxygens (including phenoxy) is 2. The molecule has 0 amide bonds. The van der Waals surface area contributed by atoms with Crippen LogP contribution in [-0.4, -0.2) is 37.7 Å². The van der Waals surface area contributed by atoms with Crippen LogP contribution in [0.1, 0.15) is 30.5 Å². The highest BCUT2D eigenvalue weighted by molar-refractivity contribution is 5.43. The molecule has 0 saturated carbocycles. The summed E-state index contributed by atoms with van der Waals surface area (Å²) in [5.74, 6) is 1.60. The van der Waals surface area contributed by atoms with Crippen molar-refractivity contribution in [2.24, 2.45) is 0 Å². The molecule has 0 unspecified atom stereocenters. The Morgan fingerprint density at radius 2 is 1.88 bits per heavy atom. The van der Waals surface area contributed by atoms with Gasteiger partial charge >= 0.3 is 0 Å². The molecule has 0 aromatic heterocycles. The maximum Gasteiger partial charge on any atom is 0.161 e. The Hall–Kier alpha value is -2.04. The molecule has 0 fully saturated rings. The van der Waals surface area contributed by atoms with Gasteiger partial charge < -0.3 is 14.8 Å². The lowest BCUT2D eigenvalue weighted by Crippen LogP contribution is -2.35. The largest absolute Gasteiger partial charge is 0.493 e. The number of rotatable bonds is 8. The molecule has 4 heteroatoms. The standard InChI is InChI=1S/C22H30N2O2/c1-17(2)26-21-9-8-18(14-22(21)25-3)15-23-11-13-24-12-10-19-6-4-5-7-20(19)16-24/h4-9,14,17,23H,10-13,15-16H2,1-3H3. The van der Waals surface area contributed by atoms with Gasteiger partial charge in [0, 0.05) is 32.7 Å². The number of nitrogens with one attached hydrogen (secondary N) is 1. The number of hydrogen-bond acceptors (Lipinski definition) is 4. The quantitative estimate of drug-likeness (QED) is 0.734. The summed E-state index contributed by atoms with van der Waals surface area (Å²) in [6.45, 7) is 9.14. The van der Waals surface area contributed by atoms with Gasteiger partial charge in [0.2, 0.25) is 0 Å². The van der Waals surface area contributed by atoms with Crippen LogP contribution in [0.5, 0.6) is 11.5 Å². The minimum atomic E-state index is 0.141. The smallest absolute Gasteiger partial charge is 0.161 e. The first-order valence-electron chi connectivity index (χ1n) is 9.49. The Kier molecular flexibility index (Phi) is 6.53. The summed E-state index contributed by atoms with van der Waals surface area (Å²) < 4.78 is 11.2. The average molecular weight is 354 g/mol. The number of nitrogens with zero attached hydrogens (tertiary/aromatic N) is 1.